The summed E-state index contributed by atoms with van der Waals surface area (Å²) in [5.41, 5.74) is 1.57. The molecule has 160 valence electrons. The number of aliphatic imine (C=N–C) groups is 1. The number of rotatable bonds is 7. The maximum atomic E-state index is 10.8. The highest BCUT2D eigenvalue weighted by molar-refractivity contribution is 5.79. The van der Waals surface area contributed by atoms with E-state index in [9.17, 15) is 5.11 Å². The molecular formula is C22H35N5O2. The number of nitrogens with zero attached hydrogens (tertiary/aromatic N) is 3. The van der Waals surface area contributed by atoms with Gasteiger partial charge in [0.25, 0.3) is 0 Å². The maximum absolute atomic E-state index is 10.8. The van der Waals surface area contributed by atoms with E-state index in [1.807, 2.05) is 47.0 Å². The molecule has 2 aromatic rings. The summed E-state index contributed by atoms with van der Waals surface area (Å²) in [6.45, 7) is 13.4. The first kappa shape index (κ1) is 22.7. The first-order chi connectivity index (χ1) is 13.5. The Morgan fingerprint density at radius 2 is 1.97 bits per heavy atom. The first-order valence-corrected chi connectivity index (χ1v) is 10.0. The van der Waals surface area contributed by atoms with E-state index in [1.54, 1.807) is 17.8 Å². The average molecular weight is 402 g/mol. The van der Waals surface area contributed by atoms with Crippen LogP contribution in [0.2, 0.25) is 0 Å². The fraction of sp³-hybridized carbons (Fsp3) is 0.545. The van der Waals surface area contributed by atoms with Gasteiger partial charge in [0.1, 0.15) is 17.0 Å². The monoisotopic (exact) mass is 401 g/mol. The molecular weight excluding hydrogens is 366 g/mol. The maximum Gasteiger partial charge on any atom is 0.191 e. The molecule has 0 fully saturated rings. The van der Waals surface area contributed by atoms with Crippen molar-refractivity contribution in [2.45, 2.75) is 59.3 Å². The minimum atomic E-state index is -1.06. The van der Waals surface area contributed by atoms with E-state index < -0.39 is 5.60 Å². The molecule has 0 aliphatic rings. The molecule has 0 radical (unpaired) electrons. The SMILES string of the molecule is CCNC(=NCc1ccc(C)cc1OC(C)(C)C)NCC(C)(O)c1cnn(C)c1. The zero-order chi connectivity index (χ0) is 21.7. The highest BCUT2D eigenvalue weighted by Gasteiger charge is 2.25. The number of guanidine groups is 1. The molecule has 1 heterocycles. The summed E-state index contributed by atoms with van der Waals surface area (Å²) in [5, 5.41) is 21.4. The molecule has 29 heavy (non-hydrogen) atoms. The van der Waals surface area contributed by atoms with Gasteiger partial charge in [-0.15, -0.1) is 0 Å². The van der Waals surface area contributed by atoms with E-state index in [1.165, 1.54) is 0 Å². The van der Waals surface area contributed by atoms with Crippen LogP contribution in [0.5, 0.6) is 5.75 Å². The van der Waals surface area contributed by atoms with Gasteiger partial charge in [-0.2, -0.15) is 5.10 Å². The second-order valence-corrected chi connectivity index (χ2v) is 8.55. The molecule has 0 saturated carbocycles. The van der Waals surface area contributed by atoms with Gasteiger partial charge < -0.3 is 20.5 Å². The largest absolute Gasteiger partial charge is 0.488 e. The summed E-state index contributed by atoms with van der Waals surface area (Å²) in [6.07, 6.45) is 3.49. The van der Waals surface area contributed by atoms with Gasteiger partial charge >= 0.3 is 0 Å². The second-order valence-electron chi connectivity index (χ2n) is 8.55. The Morgan fingerprint density at radius 3 is 2.55 bits per heavy atom. The lowest BCUT2D eigenvalue weighted by molar-refractivity contribution is 0.0616. The van der Waals surface area contributed by atoms with Crippen molar-refractivity contribution in [2.75, 3.05) is 13.1 Å². The molecule has 0 aliphatic heterocycles. The zero-order valence-electron chi connectivity index (χ0n) is 18.7. The highest BCUT2D eigenvalue weighted by atomic mass is 16.5. The minimum Gasteiger partial charge on any atom is -0.488 e. The van der Waals surface area contributed by atoms with Crippen LogP contribution < -0.4 is 15.4 Å². The molecule has 3 N–H and O–H groups in total. The Bertz CT molecular complexity index is 834. The van der Waals surface area contributed by atoms with Gasteiger partial charge in [-0.3, -0.25) is 4.68 Å². The molecule has 1 atom stereocenters. The average Bonchev–Trinajstić information content (AvgIpc) is 3.05. The molecule has 1 aromatic heterocycles. The summed E-state index contributed by atoms with van der Waals surface area (Å²) in [4.78, 5) is 4.69. The zero-order valence-corrected chi connectivity index (χ0v) is 18.7. The number of aromatic nitrogens is 2. The van der Waals surface area contributed by atoms with Crippen molar-refractivity contribution in [1.29, 1.82) is 0 Å². The molecule has 0 saturated heterocycles. The van der Waals surface area contributed by atoms with Gasteiger partial charge in [0.05, 0.1) is 19.3 Å². The molecule has 7 heteroatoms. The lowest BCUT2D eigenvalue weighted by Gasteiger charge is -2.24. The lowest BCUT2D eigenvalue weighted by atomic mass is 10.00. The molecule has 0 amide bonds. The second kappa shape index (κ2) is 9.31. The van der Waals surface area contributed by atoms with Gasteiger partial charge in [0.15, 0.2) is 5.96 Å². The van der Waals surface area contributed by atoms with Crippen LogP contribution >= 0.6 is 0 Å². The van der Waals surface area contributed by atoms with Crippen molar-refractivity contribution >= 4 is 5.96 Å². The van der Waals surface area contributed by atoms with E-state index in [4.69, 9.17) is 4.74 Å². The standard InChI is InChI=1S/C22H35N5O2/c1-8-23-20(25-15-22(6,28)18-13-26-27(7)14-18)24-12-17-10-9-16(2)11-19(17)29-21(3,4)5/h9-11,13-14,28H,8,12,15H2,1-7H3,(H2,23,24,25). The van der Waals surface area contributed by atoms with E-state index >= 15 is 0 Å². The predicted molar refractivity (Wildman–Crippen MR) is 117 cm³/mol. The number of hydrogen-bond donors (Lipinski definition) is 3. The molecule has 1 aromatic carbocycles. The minimum absolute atomic E-state index is 0.280. The smallest absolute Gasteiger partial charge is 0.191 e. The third-order valence-electron chi connectivity index (χ3n) is 4.32. The summed E-state index contributed by atoms with van der Waals surface area (Å²) in [7, 11) is 1.83. The summed E-state index contributed by atoms with van der Waals surface area (Å²) in [5.74, 6) is 1.48. The number of benzene rings is 1. The van der Waals surface area contributed by atoms with Crippen molar-refractivity contribution in [3.63, 3.8) is 0 Å². The van der Waals surface area contributed by atoms with Crippen LogP contribution in [0.15, 0.2) is 35.6 Å². The number of ether oxygens (including phenoxy) is 1. The number of aryl methyl sites for hydroxylation is 2. The van der Waals surface area contributed by atoms with Crippen LogP contribution in [-0.4, -0.2) is 39.5 Å². The third-order valence-corrected chi connectivity index (χ3v) is 4.32. The van der Waals surface area contributed by atoms with Gasteiger partial charge in [-0.25, -0.2) is 4.99 Å². The highest BCUT2D eigenvalue weighted by Crippen LogP contribution is 2.25. The van der Waals surface area contributed by atoms with Crippen LogP contribution in [0.25, 0.3) is 0 Å². The molecule has 0 aliphatic carbocycles. The molecule has 7 nitrogen and oxygen atoms in total. The van der Waals surface area contributed by atoms with Crippen molar-refractivity contribution in [3.05, 3.63) is 47.3 Å². The van der Waals surface area contributed by atoms with Crippen molar-refractivity contribution in [3.8, 4) is 5.75 Å². The molecule has 2 rings (SSSR count). The normalized spacial score (nSPS) is 14.4. The quantitative estimate of drug-likeness (QED) is 0.491. The fourth-order valence-electron chi connectivity index (χ4n) is 2.78. The Morgan fingerprint density at radius 1 is 1.24 bits per heavy atom. The van der Waals surface area contributed by atoms with Gasteiger partial charge in [0.2, 0.25) is 0 Å². The van der Waals surface area contributed by atoms with Crippen molar-refractivity contribution in [1.82, 2.24) is 20.4 Å². The van der Waals surface area contributed by atoms with Crippen molar-refractivity contribution in [2.24, 2.45) is 12.0 Å². The fourth-order valence-corrected chi connectivity index (χ4v) is 2.78. The van der Waals surface area contributed by atoms with Crippen LogP contribution in [0, 0.1) is 6.92 Å². The van der Waals surface area contributed by atoms with E-state index in [0.717, 1.165) is 29.0 Å². The molecule has 0 spiro atoms. The number of nitrogens with one attached hydrogen (secondary N) is 2. The predicted octanol–water partition coefficient (Wildman–Crippen LogP) is 2.87. The summed E-state index contributed by atoms with van der Waals surface area (Å²) in [6, 6.07) is 6.16. The topological polar surface area (TPSA) is 83.7 Å². The van der Waals surface area contributed by atoms with Crippen LogP contribution in [0.4, 0.5) is 0 Å². The number of hydrogen-bond acceptors (Lipinski definition) is 4. The van der Waals surface area contributed by atoms with Gasteiger partial charge in [-0.1, -0.05) is 12.1 Å². The van der Waals surface area contributed by atoms with Crippen LogP contribution in [-0.2, 0) is 19.2 Å². The Hall–Kier alpha value is -2.54. The summed E-state index contributed by atoms with van der Waals surface area (Å²) >= 11 is 0. The Balaban J connectivity index is 2.13. The lowest BCUT2D eigenvalue weighted by Crippen LogP contribution is -2.44. The Labute approximate surface area is 174 Å². The van der Waals surface area contributed by atoms with Gasteiger partial charge in [0, 0.05) is 30.9 Å². The molecule has 1 unspecified atom stereocenters. The van der Waals surface area contributed by atoms with Gasteiger partial charge in [-0.05, 0) is 53.2 Å². The van der Waals surface area contributed by atoms with Crippen molar-refractivity contribution < 1.29 is 9.84 Å². The van der Waals surface area contributed by atoms with E-state index in [-0.39, 0.29) is 5.60 Å². The van der Waals surface area contributed by atoms with E-state index in [0.29, 0.717) is 19.0 Å². The Kier molecular flexibility index (Phi) is 7.30. The van der Waals surface area contributed by atoms with Crippen LogP contribution in [0.1, 0.15) is 51.3 Å². The van der Waals surface area contributed by atoms with E-state index in [2.05, 4.69) is 39.8 Å². The summed E-state index contributed by atoms with van der Waals surface area (Å²) < 4.78 is 7.80. The van der Waals surface area contributed by atoms with Crippen LogP contribution in [0.3, 0.4) is 0 Å². The molecule has 0 bridgehead atoms. The first-order valence-electron chi connectivity index (χ1n) is 10.0. The third kappa shape index (κ3) is 7.09. The number of aliphatic hydroxyl groups is 1.